The lowest BCUT2D eigenvalue weighted by atomic mass is 9.57. The predicted octanol–water partition coefficient (Wildman–Crippen LogP) is 3.29. The molecule has 168 valence electrons. The van der Waals surface area contributed by atoms with E-state index in [0.29, 0.717) is 24.0 Å². The third-order valence-electron chi connectivity index (χ3n) is 7.24. The molecule has 0 radical (unpaired) electrons. The molecule has 0 aromatic carbocycles. The Morgan fingerprint density at radius 2 is 2.10 bits per heavy atom. The minimum Gasteiger partial charge on any atom is -0.377 e. The standard InChI is InChI=1S/C23H39N5OS/c1-5-19-26-17(15-30-19)14-28-10-7-16(8-11-28)13-25-22(24-6-2)27-20-18-9-12-29-21(18)23(20,3)4/h15-16,18,20-21H,5-14H2,1-4H3,(H2,24,25,27). The first-order valence-corrected chi connectivity index (χ1v) is 12.7. The molecule has 30 heavy (non-hydrogen) atoms. The molecule has 1 aromatic rings. The van der Waals surface area contributed by atoms with Crippen LogP contribution in [-0.2, 0) is 17.7 Å². The third kappa shape index (κ3) is 4.68. The number of ether oxygens (including phenoxy) is 1. The lowest BCUT2D eigenvalue weighted by Gasteiger charge is -2.55. The lowest BCUT2D eigenvalue weighted by molar-refractivity contribution is -0.106. The van der Waals surface area contributed by atoms with E-state index in [9.17, 15) is 0 Å². The average Bonchev–Trinajstić information content (AvgIpc) is 3.39. The molecule has 3 unspecified atom stereocenters. The van der Waals surface area contributed by atoms with Crippen molar-refractivity contribution in [3.05, 3.63) is 16.1 Å². The topological polar surface area (TPSA) is 61.8 Å². The molecule has 0 amide bonds. The number of likely N-dealkylation sites (tertiary alicyclic amines) is 1. The van der Waals surface area contributed by atoms with E-state index in [0.717, 1.165) is 51.7 Å². The number of fused-ring (bicyclic) bond motifs is 1. The van der Waals surface area contributed by atoms with Crippen molar-refractivity contribution in [2.75, 3.05) is 32.8 Å². The van der Waals surface area contributed by atoms with Gasteiger partial charge in [0.1, 0.15) is 0 Å². The zero-order valence-corrected chi connectivity index (χ0v) is 19.9. The van der Waals surface area contributed by atoms with E-state index in [1.54, 1.807) is 11.3 Å². The number of guanidine groups is 1. The number of nitrogens with one attached hydrogen (secondary N) is 2. The molecule has 1 aromatic heterocycles. The van der Waals surface area contributed by atoms with Gasteiger partial charge in [0.25, 0.3) is 0 Å². The van der Waals surface area contributed by atoms with Crippen LogP contribution >= 0.6 is 11.3 Å². The number of aliphatic imine (C=N–C) groups is 1. The largest absolute Gasteiger partial charge is 0.377 e. The number of thiazole rings is 1. The molecular weight excluding hydrogens is 394 g/mol. The molecule has 2 N–H and O–H groups in total. The van der Waals surface area contributed by atoms with Gasteiger partial charge in [-0.25, -0.2) is 4.98 Å². The Labute approximate surface area is 185 Å². The van der Waals surface area contributed by atoms with E-state index in [4.69, 9.17) is 14.7 Å². The summed E-state index contributed by atoms with van der Waals surface area (Å²) in [4.78, 5) is 12.3. The highest BCUT2D eigenvalue weighted by molar-refractivity contribution is 7.09. The van der Waals surface area contributed by atoms with Crippen molar-refractivity contribution in [3.63, 3.8) is 0 Å². The van der Waals surface area contributed by atoms with Crippen LogP contribution in [0.15, 0.2) is 10.4 Å². The summed E-state index contributed by atoms with van der Waals surface area (Å²) in [6.45, 7) is 15.0. The van der Waals surface area contributed by atoms with Crippen LogP contribution in [0.5, 0.6) is 0 Å². The fourth-order valence-corrected chi connectivity index (χ4v) is 6.18. The summed E-state index contributed by atoms with van der Waals surface area (Å²) in [6, 6.07) is 0.454. The van der Waals surface area contributed by atoms with Gasteiger partial charge < -0.3 is 15.4 Å². The molecule has 2 aliphatic heterocycles. The predicted molar refractivity (Wildman–Crippen MR) is 124 cm³/mol. The second-order valence-electron chi connectivity index (χ2n) is 9.71. The molecule has 0 spiro atoms. The number of hydrogen-bond donors (Lipinski definition) is 2. The van der Waals surface area contributed by atoms with E-state index in [1.165, 1.54) is 30.0 Å². The molecule has 3 aliphatic rings. The number of nitrogens with zero attached hydrogens (tertiary/aromatic N) is 3. The van der Waals surface area contributed by atoms with Gasteiger partial charge in [-0.15, -0.1) is 11.3 Å². The molecule has 2 saturated heterocycles. The molecule has 3 heterocycles. The van der Waals surface area contributed by atoms with Gasteiger partial charge in [0.05, 0.1) is 16.8 Å². The van der Waals surface area contributed by atoms with E-state index >= 15 is 0 Å². The summed E-state index contributed by atoms with van der Waals surface area (Å²) in [5.41, 5.74) is 1.42. The SMILES string of the molecule is CCNC(=NCC1CCN(Cc2csc(CC)n2)CC1)NC1C2CCOC2C1(C)C. The van der Waals surface area contributed by atoms with E-state index < -0.39 is 0 Å². The van der Waals surface area contributed by atoms with Crippen molar-refractivity contribution >= 4 is 17.3 Å². The molecule has 7 heteroatoms. The van der Waals surface area contributed by atoms with Gasteiger partial charge >= 0.3 is 0 Å². The Kier molecular flexibility index (Phi) is 7.00. The number of rotatable bonds is 7. The first kappa shape index (κ1) is 22.0. The molecular formula is C23H39N5OS. The van der Waals surface area contributed by atoms with Crippen LogP contribution in [0.4, 0.5) is 0 Å². The summed E-state index contributed by atoms with van der Waals surface area (Å²) in [5, 5.41) is 10.7. The first-order valence-electron chi connectivity index (χ1n) is 11.8. The molecule has 3 atom stereocenters. The maximum Gasteiger partial charge on any atom is 0.191 e. The van der Waals surface area contributed by atoms with Gasteiger partial charge in [0.2, 0.25) is 0 Å². The van der Waals surface area contributed by atoms with Crippen LogP contribution in [0.2, 0.25) is 0 Å². The second kappa shape index (κ2) is 9.53. The van der Waals surface area contributed by atoms with Gasteiger partial charge in [0, 0.05) is 49.0 Å². The molecule has 1 saturated carbocycles. The number of aromatic nitrogens is 1. The minimum absolute atomic E-state index is 0.177. The molecule has 4 rings (SSSR count). The van der Waals surface area contributed by atoms with E-state index in [2.05, 4.69) is 48.6 Å². The first-order chi connectivity index (χ1) is 14.5. The summed E-state index contributed by atoms with van der Waals surface area (Å²) >= 11 is 1.79. The van der Waals surface area contributed by atoms with Crippen LogP contribution in [0.25, 0.3) is 0 Å². The maximum atomic E-state index is 5.95. The minimum atomic E-state index is 0.177. The molecule has 0 bridgehead atoms. The van der Waals surface area contributed by atoms with Crippen LogP contribution in [0.1, 0.15) is 57.7 Å². The maximum absolute atomic E-state index is 5.95. The Morgan fingerprint density at radius 1 is 1.30 bits per heavy atom. The van der Waals surface area contributed by atoms with Crippen molar-refractivity contribution in [2.45, 2.75) is 72.1 Å². The monoisotopic (exact) mass is 433 g/mol. The van der Waals surface area contributed by atoms with Crippen LogP contribution < -0.4 is 10.6 Å². The quantitative estimate of drug-likeness (QED) is 0.510. The second-order valence-corrected chi connectivity index (χ2v) is 10.7. The van der Waals surface area contributed by atoms with E-state index in [1.807, 2.05) is 0 Å². The number of piperidine rings is 1. The fourth-order valence-electron chi connectivity index (χ4n) is 5.45. The van der Waals surface area contributed by atoms with Gasteiger partial charge in [-0.05, 0) is 51.6 Å². The van der Waals surface area contributed by atoms with Gasteiger partial charge in [0.15, 0.2) is 5.96 Å². The molecule has 1 aliphatic carbocycles. The fraction of sp³-hybridized carbons (Fsp3) is 0.826. The van der Waals surface area contributed by atoms with Crippen molar-refractivity contribution in [3.8, 4) is 0 Å². The summed E-state index contributed by atoms with van der Waals surface area (Å²) in [5.74, 6) is 2.29. The smallest absolute Gasteiger partial charge is 0.191 e. The Bertz CT molecular complexity index is 725. The molecule has 3 fully saturated rings. The Hall–Kier alpha value is -1.18. The van der Waals surface area contributed by atoms with Crippen LogP contribution in [0.3, 0.4) is 0 Å². The summed E-state index contributed by atoms with van der Waals surface area (Å²) < 4.78 is 5.95. The molecule has 6 nitrogen and oxygen atoms in total. The number of aryl methyl sites for hydroxylation is 1. The summed E-state index contributed by atoms with van der Waals surface area (Å²) in [7, 11) is 0. The number of hydrogen-bond acceptors (Lipinski definition) is 5. The highest BCUT2D eigenvalue weighted by Crippen LogP contribution is 2.52. The van der Waals surface area contributed by atoms with Crippen LogP contribution in [0, 0.1) is 17.3 Å². The van der Waals surface area contributed by atoms with Crippen molar-refractivity contribution in [2.24, 2.45) is 22.2 Å². The Morgan fingerprint density at radius 3 is 2.80 bits per heavy atom. The van der Waals surface area contributed by atoms with Gasteiger partial charge in [-0.1, -0.05) is 20.8 Å². The van der Waals surface area contributed by atoms with E-state index in [-0.39, 0.29) is 5.41 Å². The van der Waals surface area contributed by atoms with Gasteiger partial charge in [-0.2, -0.15) is 0 Å². The Balaban J connectivity index is 1.25. The zero-order chi connectivity index (χ0) is 21.1. The van der Waals surface area contributed by atoms with Gasteiger partial charge in [-0.3, -0.25) is 9.89 Å². The third-order valence-corrected chi connectivity index (χ3v) is 8.28. The summed E-state index contributed by atoms with van der Waals surface area (Å²) in [6.07, 6.45) is 5.07. The zero-order valence-electron chi connectivity index (χ0n) is 19.1. The highest BCUT2D eigenvalue weighted by Gasteiger charge is 2.59. The van der Waals surface area contributed by atoms with Crippen molar-refractivity contribution in [1.29, 1.82) is 0 Å². The normalized spacial score (nSPS) is 29.5. The average molecular weight is 434 g/mol. The highest BCUT2D eigenvalue weighted by atomic mass is 32.1. The van der Waals surface area contributed by atoms with Crippen LogP contribution in [-0.4, -0.2) is 60.8 Å². The van der Waals surface area contributed by atoms with Crippen molar-refractivity contribution in [1.82, 2.24) is 20.5 Å². The lowest BCUT2D eigenvalue weighted by Crippen LogP contribution is -2.68. The van der Waals surface area contributed by atoms with Crippen molar-refractivity contribution < 1.29 is 4.74 Å².